The van der Waals surface area contributed by atoms with Gasteiger partial charge >= 0.3 is 0 Å². The number of rotatable bonds is 2. The van der Waals surface area contributed by atoms with Crippen LogP contribution in [0.15, 0.2) is 21.4 Å². The maximum Gasteiger partial charge on any atom is 0.169 e. The lowest BCUT2D eigenvalue weighted by molar-refractivity contribution is -0.130. The van der Waals surface area contributed by atoms with Crippen LogP contribution < -0.4 is 0 Å². The number of furan rings is 1. The summed E-state index contributed by atoms with van der Waals surface area (Å²) < 4.78 is 11.1. The van der Waals surface area contributed by atoms with Gasteiger partial charge in [0, 0.05) is 12.3 Å². The Balaban J connectivity index is 1.99. The molecule has 0 amide bonds. The molecule has 1 aliphatic heterocycles. The summed E-state index contributed by atoms with van der Waals surface area (Å²) >= 11 is 3.23. The number of carbonyl (C=O) groups is 1. The zero-order valence-corrected chi connectivity index (χ0v) is 9.25. The molecule has 3 nitrogen and oxygen atoms in total. The largest absolute Gasteiger partial charge is 0.457 e. The molecular weight excluding hydrogens is 248 g/mol. The topological polar surface area (TPSA) is 39.4 Å². The summed E-state index contributed by atoms with van der Waals surface area (Å²) in [6.07, 6.45) is 2.93. The Hall–Kier alpha value is -0.610. The van der Waals surface area contributed by atoms with Crippen LogP contribution >= 0.6 is 15.9 Å². The predicted octanol–water partition coefficient (Wildman–Crippen LogP) is 2.19. The summed E-state index contributed by atoms with van der Waals surface area (Å²) in [5.74, 6) is 0.307. The molecule has 2 heterocycles. The fraction of sp³-hybridized carbons (Fsp3) is 0.500. The maximum absolute atomic E-state index is 11.5. The van der Waals surface area contributed by atoms with Gasteiger partial charge in [-0.3, -0.25) is 4.79 Å². The number of hydrogen-bond acceptors (Lipinski definition) is 3. The van der Waals surface area contributed by atoms with E-state index >= 15 is 0 Å². The molecule has 2 rings (SSSR count). The minimum absolute atomic E-state index is 0.00764. The molecule has 1 aromatic rings. The number of ether oxygens (including phenoxy) is 1. The third-order valence-electron chi connectivity index (χ3n) is 2.37. The smallest absolute Gasteiger partial charge is 0.169 e. The first kappa shape index (κ1) is 9.93. The maximum atomic E-state index is 11.5. The number of ketones is 1. The van der Waals surface area contributed by atoms with Crippen molar-refractivity contribution in [1.82, 2.24) is 0 Å². The average Bonchev–Trinajstić information content (AvgIpc) is 2.56. The van der Waals surface area contributed by atoms with Crippen LogP contribution in [-0.4, -0.2) is 19.0 Å². The van der Waals surface area contributed by atoms with Gasteiger partial charge in [-0.05, 0) is 34.0 Å². The molecule has 1 aromatic heterocycles. The third kappa shape index (κ3) is 2.25. The van der Waals surface area contributed by atoms with Crippen molar-refractivity contribution in [3.8, 4) is 0 Å². The zero-order valence-electron chi connectivity index (χ0n) is 7.66. The van der Waals surface area contributed by atoms with Gasteiger partial charge in [-0.25, -0.2) is 0 Å². The summed E-state index contributed by atoms with van der Waals surface area (Å²) in [6.45, 7) is 1.12. The molecule has 1 unspecified atom stereocenters. The fourth-order valence-electron chi connectivity index (χ4n) is 1.61. The van der Waals surface area contributed by atoms with Crippen molar-refractivity contribution in [1.29, 1.82) is 0 Å². The second-order valence-corrected chi connectivity index (χ2v) is 4.23. The summed E-state index contributed by atoms with van der Waals surface area (Å²) in [4.78, 5) is 11.5. The van der Waals surface area contributed by atoms with E-state index < -0.39 is 0 Å². The Bertz CT molecular complexity index is 332. The molecule has 1 fully saturated rings. The molecule has 0 spiro atoms. The summed E-state index contributed by atoms with van der Waals surface area (Å²) in [5, 5.41) is 0. The molecule has 0 aliphatic carbocycles. The van der Waals surface area contributed by atoms with E-state index in [9.17, 15) is 4.79 Å². The zero-order chi connectivity index (χ0) is 9.97. The standard InChI is InChI=1S/C10H11BrO3/c11-10-4-7(5-14-10)3-8-6-13-2-1-9(8)12/h4-5,8H,1-3,6H2. The first-order chi connectivity index (χ1) is 6.75. The molecular formula is C10H11BrO3. The Morgan fingerprint density at radius 1 is 1.57 bits per heavy atom. The van der Waals surface area contributed by atoms with Crippen LogP contribution in [0.25, 0.3) is 0 Å². The molecule has 0 N–H and O–H groups in total. The first-order valence-electron chi connectivity index (χ1n) is 4.59. The van der Waals surface area contributed by atoms with Gasteiger partial charge in [0.2, 0.25) is 0 Å². The Morgan fingerprint density at radius 3 is 3.07 bits per heavy atom. The van der Waals surface area contributed by atoms with Gasteiger partial charge in [-0.2, -0.15) is 0 Å². The quantitative estimate of drug-likeness (QED) is 0.817. The first-order valence-corrected chi connectivity index (χ1v) is 5.38. The van der Waals surface area contributed by atoms with Gasteiger partial charge in [0.15, 0.2) is 4.67 Å². The van der Waals surface area contributed by atoms with Crippen molar-refractivity contribution in [3.63, 3.8) is 0 Å². The number of Topliss-reactive ketones (excluding diaryl/α,β-unsaturated/α-hetero) is 1. The molecule has 1 saturated heterocycles. The van der Waals surface area contributed by atoms with E-state index in [1.807, 2.05) is 6.07 Å². The summed E-state index contributed by atoms with van der Waals surface area (Å²) in [5.41, 5.74) is 1.04. The molecule has 1 atom stereocenters. The van der Waals surface area contributed by atoms with Crippen LogP contribution in [0.4, 0.5) is 0 Å². The van der Waals surface area contributed by atoms with Crippen LogP contribution in [0.1, 0.15) is 12.0 Å². The minimum atomic E-state index is 0.00764. The van der Waals surface area contributed by atoms with E-state index in [0.29, 0.717) is 36.5 Å². The van der Waals surface area contributed by atoms with Crippen LogP contribution in [0.3, 0.4) is 0 Å². The van der Waals surface area contributed by atoms with Crippen LogP contribution in [-0.2, 0) is 16.0 Å². The van der Waals surface area contributed by atoms with Gasteiger partial charge in [-0.1, -0.05) is 0 Å². The summed E-state index contributed by atoms with van der Waals surface area (Å²) in [6, 6.07) is 1.89. The molecule has 14 heavy (non-hydrogen) atoms. The second kappa shape index (κ2) is 4.28. The number of carbonyl (C=O) groups excluding carboxylic acids is 1. The van der Waals surface area contributed by atoms with E-state index in [1.165, 1.54) is 0 Å². The molecule has 1 aliphatic rings. The highest BCUT2D eigenvalue weighted by molar-refractivity contribution is 9.10. The van der Waals surface area contributed by atoms with Crippen molar-refractivity contribution in [2.45, 2.75) is 12.8 Å². The highest BCUT2D eigenvalue weighted by Gasteiger charge is 2.23. The molecule has 4 heteroatoms. The molecule has 0 aromatic carbocycles. The van der Waals surface area contributed by atoms with Crippen molar-refractivity contribution in [2.24, 2.45) is 5.92 Å². The van der Waals surface area contributed by atoms with E-state index in [4.69, 9.17) is 9.15 Å². The Labute approximate surface area is 90.6 Å². The highest BCUT2D eigenvalue weighted by Crippen LogP contribution is 2.20. The van der Waals surface area contributed by atoms with Crippen molar-refractivity contribution < 1.29 is 13.9 Å². The van der Waals surface area contributed by atoms with Crippen molar-refractivity contribution >= 4 is 21.7 Å². The van der Waals surface area contributed by atoms with Crippen molar-refractivity contribution in [2.75, 3.05) is 13.2 Å². The normalized spacial score (nSPS) is 22.6. The predicted molar refractivity (Wildman–Crippen MR) is 54.0 cm³/mol. The third-order valence-corrected chi connectivity index (χ3v) is 2.79. The van der Waals surface area contributed by atoms with Gasteiger partial charge in [0.25, 0.3) is 0 Å². The average molecular weight is 259 g/mol. The van der Waals surface area contributed by atoms with E-state index in [0.717, 1.165) is 5.56 Å². The number of hydrogen-bond donors (Lipinski definition) is 0. The van der Waals surface area contributed by atoms with Gasteiger partial charge in [-0.15, -0.1) is 0 Å². The minimum Gasteiger partial charge on any atom is -0.457 e. The lowest BCUT2D eigenvalue weighted by Gasteiger charge is -2.19. The Morgan fingerprint density at radius 2 is 2.43 bits per heavy atom. The monoisotopic (exact) mass is 258 g/mol. The lowest BCUT2D eigenvalue weighted by atomic mass is 9.94. The van der Waals surface area contributed by atoms with Crippen LogP contribution in [0.5, 0.6) is 0 Å². The summed E-state index contributed by atoms with van der Waals surface area (Å²) in [7, 11) is 0. The van der Waals surface area contributed by atoms with Crippen molar-refractivity contribution in [3.05, 3.63) is 22.6 Å². The highest BCUT2D eigenvalue weighted by atomic mass is 79.9. The second-order valence-electron chi connectivity index (χ2n) is 3.45. The van der Waals surface area contributed by atoms with Crippen LogP contribution in [0, 0.1) is 5.92 Å². The molecule has 0 saturated carbocycles. The SMILES string of the molecule is O=C1CCOCC1Cc1coc(Br)c1. The van der Waals surface area contributed by atoms with Gasteiger partial charge < -0.3 is 9.15 Å². The van der Waals surface area contributed by atoms with Gasteiger partial charge in [0.1, 0.15) is 5.78 Å². The molecule has 0 radical (unpaired) electrons. The fourth-order valence-corrected chi connectivity index (χ4v) is 1.99. The van der Waals surface area contributed by atoms with Gasteiger partial charge in [0.05, 0.1) is 19.5 Å². The molecule has 0 bridgehead atoms. The lowest BCUT2D eigenvalue weighted by Crippen LogP contribution is -2.28. The van der Waals surface area contributed by atoms with E-state index in [1.54, 1.807) is 6.26 Å². The number of halogens is 1. The van der Waals surface area contributed by atoms with E-state index in [2.05, 4.69) is 15.9 Å². The molecule has 76 valence electrons. The Kier molecular flexibility index (Phi) is 3.03. The van der Waals surface area contributed by atoms with E-state index in [-0.39, 0.29) is 5.92 Å². The van der Waals surface area contributed by atoms with Crippen LogP contribution in [0.2, 0.25) is 0 Å².